The summed E-state index contributed by atoms with van der Waals surface area (Å²) in [5, 5.41) is 12.7. The van der Waals surface area contributed by atoms with Crippen LogP contribution in [0.25, 0.3) is 21.7 Å². The number of aromatic hydroxyl groups is 1. The fourth-order valence-electron chi connectivity index (χ4n) is 4.26. The summed E-state index contributed by atoms with van der Waals surface area (Å²) >= 11 is 0. The lowest BCUT2D eigenvalue weighted by atomic mass is 10.1. The van der Waals surface area contributed by atoms with Crippen molar-refractivity contribution >= 4 is 27.6 Å². The normalized spacial score (nSPS) is 11.2. The molecule has 0 aliphatic carbocycles. The lowest BCUT2D eigenvalue weighted by Crippen LogP contribution is -2.26. The molecule has 4 heteroatoms. The van der Waals surface area contributed by atoms with E-state index in [1.807, 2.05) is 67.8 Å². The van der Waals surface area contributed by atoms with E-state index in [0.717, 1.165) is 33.8 Å². The number of phenols is 1. The molecule has 1 aromatic heterocycles. The lowest BCUT2D eigenvalue weighted by molar-refractivity contribution is 0.0787. The van der Waals surface area contributed by atoms with Crippen molar-refractivity contribution in [3.63, 3.8) is 0 Å². The number of hydrogen-bond acceptors (Lipinski definition) is 2. The van der Waals surface area contributed by atoms with Crippen LogP contribution in [0.5, 0.6) is 5.75 Å². The van der Waals surface area contributed by atoms with E-state index in [4.69, 9.17) is 0 Å². The number of rotatable bonds is 5. The fraction of sp³-hybridized carbons (Fsp3) is 0.107. The molecule has 0 spiro atoms. The van der Waals surface area contributed by atoms with Crippen molar-refractivity contribution in [3.8, 4) is 5.75 Å². The van der Waals surface area contributed by atoms with Crippen molar-refractivity contribution in [1.29, 1.82) is 0 Å². The number of phenolic OH excluding ortho intramolecular Hbond substituents is 1. The summed E-state index contributed by atoms with van der Waals surface area (Å²) < 4.78 is 2.15. The Morgan fingerprint density at radius 1 is 0.844 bits per heavy atom. The molecular weight excluding hydrogens is 396 g/mol. The highest BCUT2D eigenvalue weighted by molar-refractivity contribution is 6.07. The second-order valence-electron chi connectivity index (χ2n) is 8.20. The summed E-state index contributed by atoms with van der Waals surface area (Å²) in [6.45, 7) is 1.23. The number of carbonyl (C=O) groups excluding carboxylic acids is 1. The molecule has 5 rings (SSSR count). The first-order chi connectivity index (χ1) is 15.6. The van der Waals surface area contributed by atoms with Gasteiger partial charge in [0.2, 0.25) is 0 Å². The minimum absolute atomic E-state index is 0.00110. The van der Waals surface area contributed by atoms with Crippen molar-refractivity contribution in [2.45, 2.75) is 13.1 Å². The molecule has 1 amide bonds. The summed E-state index contributed by atoms with van der Waals surface area (Å²) in [6.07, 6.45) is 1.97. The molecular formula is C28H24N2O2. The summed E-state index contributed by atoms with van der Waals surface area (Å²) in [7, 11) is 1.84. The Morgan fingerprint density at radius 2 is 1.56 bits per heavy atom. The highest BCUT2D eigenvalue weighted by Gasteiger charge is 2.19. The van der Waals surface area contributed by atoms with E-state index >= 15 is 0 Å². The quantitative estimate of drug-likeness (QED) is 0.389. The van der Waals surface area contributed by atoms with E-state index in [1.165, 1.54) is 5.56 Å². The number of fused-ring (bicyclic) bond motifs is 2. The summed E-state index contributed by atoms with van der Waals surface area (Å²) in [6, 6.07) is 29.7. The first-order valence-corrected chi connectivity index (χ1v) is 10.7. The topological polar surface area (TPSA) is 45.5 Å². The Bertz CT molecular complexity index is 1420. The molecule has 0 unspecified atom stereocenters. The van der Waals surface area contributed by atoms with Gasteiger partial charge in [-0.25, -0.2) is 0 Å². The average molecular weight is 421 g/mol. The second-order valence-corrected chi connectivity index (χ2v) is 8.20. The molecule has 0 atom stereocenters. The van der Waals surface area contributed by atoms with Gasteiger partial charge in [-0.2, -0.15) is 0 Å². The van der Waals surface area contributed by atoms with Crippen molar-refractivity contribution in [1.82, 2.24) is 9.47 Å². The van der Waals surface area contributed by atoms with Crippen molar-refractivity contribution in [3.05, 3.63) is 114 Å². The lowest BCUT2D eigenvalue weighted by Gasteiger charge is -2.17. The average Bonchev–Trinajstić information content (AvgIpc) is 3.17. The van der Waals surface area contributed by atoms with Gasteiger partial charge in [0.05, 0.1) is 5.56 Å². The Hall–Kier alpha value is -4.05. The summed E-state index contributed by atoms with van der Waals surface area (Å²) in [5.74, 6) is 0.253. The molecule has 158 valence electrons. The van der Waals surface area contributed by atoms with Crippen molar-refractivity contribution in [2.24, 2.45) is 0 Å². The van der Waals surface area contributed by atoms with E-state index in [1.54, 1.807) is 17.0 Å². The summed E-state index contributed by atoms with van der Waals surface area (Å²) in [5.41, 5.74) is 4.01. The zero-order valence-corrected chi connectivity index (χ0v) is 17.9. The van der Waals surface area contributed by atoms with E-state index < -0.39 is 0 Å². The van der Waals surface area contributed by atoms with Crippen LogP contribution in [0.1, 0.15) is 21.5 Å². The highest BCUT2D eigenvalue weighted by Crippen LogP contribution is 2.25. The molecule has 0 fully saturated rings. The van der Waals surface area contributed by atoms with Gasteiger partial charge in [-0.15, -0.1) is 0 Å². The van der Waals surface area contributed by atoms with Gasteiger partial charge < -0.3 is 14.6 Å². The van der Waals surface area contributed by atoms with Crippen LogP contribution in [-0.4, -0.2) is 27.5 Å². The van der Waals surface area contributed by atoms with Gasteiger partial charge >= 0.3 is 0 Å². The second kappa shape index (κ2) is 8.23. The van der Waals surface area contributed by atoms with Crippen LogP contribution >= 0.6 is 0 Å². The molecule has 0 bridgehead atoms. The number of aromatic nitrogens is 1. The highest BCUT2D eigenvalue weighted by atomic mass is 16.3. The van der Waals surface area contributed by atoms with Crippen LogP contribution in [0.4, 0.5) is 0 Å². The van der Waals surface area contributed by atoms with E-state index in [2.05, 4.69) is 28.8 Å². The molecule has 0 saturated carbocycles. The number of benzene rings is 4. The van der Waals surface area contributed by atoms with Gasteiger partial charge in [-0.1, -0.05) is 66.7 Å². The maximum absolute atomic E-state index is 13.4. The van der Waals surface area contributed by atoms with Crippen LogP contribution in [-0.2, 0) is 13.1 Å². The molecule has 0 aliphatic rings. The standard InChI is InChI=1S/C28H24N2O2/c1-29(17-21-11-12-23-16-24(31)14-13-22(23)15-21)28(32)26-19-30(18-20-7-3-2-4-8-20)27-10-6-5-9-25(26)27/h2-16,19,31H,17-18H2,1H3. The third-order valence-electron chi connectivity index (χ3n) is 5.87. The number of amides is 1. The molecule has 0 saturated heterocycles. The zero-order chi connectivity index (χ0) is 22.1. The van der Waals surface area contributed by atoms with Gasteiger partial charge in [-0.3, -0.25) is 4.79 Å². The molecule has 1 heterocycles. The van der Waals surface area contributed by atoms with E-state index in [-0.39, 0.29) is 11.7 Å². The first-order valence-electron chi connectivity index (χ1n) is 10.7. The van der Waals surface area contributed by atoms with Gasteiger partial charge in [0.15, 0.2) is 0 Å². The molecule has 4 nitrogen and oxygen atoms in total. The van der Waals surface area contributed by atoms with Gasteiger partial charge in [0, 0.05) is 37.2 Å². The SMILES string of the molecule is CN(Cc1ccc2cc(O)ccc2c1)C(=O)c1cn(Cc2ccccc2)c2ccccc12. The van der Waals surface area contributed by atoms with E-state index in [9.17, 15) is 9.90 Å². The predicted molar refractivity (Wildman–Crippen MR) is 129 cm³/mol. The third kappa shape index (κ3) is 3.83. The predicted octanol–water partition coefficient (Wildman–Crippen LogP) is 5.82. The monoisotopic (exact) mass is 420 g/mol. The summed E-state index contributed by atoms with van der Waals surface area (Å²) in [4.78, 5) is 15.2. The van der Waals surface area contributed by atoms with Gasteiger partial charge in [0.25, 0.3) is 5.91 Å². The smallest absolute Gasteiger partial charge is 0.256 e. The van der Waals surface area contributed by atoms with Crippen LogP contribution in [0.15, 0.2) is 97.2 Å². The Balaban J connectivity index is 1.43. The van der Waals surface area contributed by atoms with Crippen LogP contribution < -0.4 is 0 Å². The fourth-order valence-corrected chi connectivity index (χ4v) is 4.26. The number of carbonyl (C=O) groups is 1. The molecule has 0 radical (unpaired) electrons. The molecule has 32 heavy (non-hydrogen) atoms. The van der Waals surface area contributed by atoms with Crippen molar-refractivity contribution < 1.29 is 9.90 Å². The largest absolute Gasteiger partial charge is 0.508 e. The molecule has 1 N–H and O–H groups in total. The Morgan fingerprint density at radius 3 is 2.41 bits per heavy atom. The minimum Gasteiger partial charge on any atom is -0.508 e. The number of para-hydroxylation sites is 1. The van der Waals surface area contributed by atoms with Gasteiger partial charge in [0.1, 0.15) is 5.75 Å². The first kappa shape index (κ1) is 19.9. The molecule has 0 aliphatic heterocycles. The minimum atomic E-state index is -0.00110. The van der Waals surface area contributed by atoms with E-state index in [0.29, 0.717) is 12.1 Å². The Kier molecular flexibility index (Phi) is 5.12. The maximum Gasteiger partial charge on any atom is 0.256 e. The van der Waals surface area contributed by atoms with Crippen molar-refractivity contribution in [2.75, 3.05) is 7.05 Å². The molecule has 5 aromatic rings. The third-order valence-corrected chi connectivity index (χ3v) is 5.87. The van der Waals surface area contributed by atoms with Gasteiger partial charge in [-0.05, 0) is 46.2 Å². The van der Waals surface area contributed by atoms with Crippen LogP contribution in [0, 0.1) is 0 Å². The maximum atomic E-state index is 13.4. The Labute approximate surface area is 187 Å². The van der Waals surface area contributed by atoms with Crippen LogP contribution in [0.3, 0.4) is 0 Å². The number of nitrogens with zero attached hydrogens (tertiary/aromatic N) is 2. The number of hydrogen-bond donors (Lipinski definition) is 1. The molecule has 4 aromatic carbocycles. The van der Waals surface area contributed by atoms with Crippen LogP contribution in [0.2, 0.25) is 0 Å². The zero-order valence-electron chi connectivity index (χ0n) is 17.9.